The molecule has 1 heterocycles. The summed E-state index contributed by atoms with van der Waals surface area (Å²) in [6.45, 7) is 0. The first-order valence-electron chi connectivity index (χ1n) is 9.51. The number of halogens is 1. The Morgan fingerprint density at radius 1 is 1.06 bits per heavy atom. The summed E-state index contributed by atoms with van der Waals surface area (Å²) in [7, 11) is 1.51. The second-order valence-electron chi connectivity index (χ2n) is 6.79. The van der Waals surface area contributed by atoms with Gasteiger partial charge in [0.15, 0.2) is 0 Å². The summed E-state index contributed by atoms with van der Waals surface area (Å²) in [6, 6.07) is 21.3. The highest BCUT2D eigenvalue weighted by atomic mass is 35.5. The van der Waals surface area contributed by atoms with E-state index in [1.54, 1.807) is 30.3 Å². The fourth-order valence-electron chi connectivity index (χ4n) is 3.10. The highest BCUT2D eigenvalue weighted by Crippen LogP contribution is 2.34. The average molecular weight is 435 g/mol. The maximum Gasteiger partial charge on any atom is 0.231 e. The lowest BCUT2D eigenvalue weighted by Crippen LogP contribution is -2.14. The van der Waals surface area contributed by atoms with Gasteiger partial charge in [-0.1, -0.05) is 48.0 Å². The van der Waals surface area contributed by atoms with Crippen LogP contribution in [0.1, 0.15) is 5.56 Å². The summed E-state index contributed by atoms with van der Waals surface area (Å²) in [6.07, 6.45) is -0.0494. The Labute approximate surface area is 184 Å². The summed E-state index contributed by atoms with van der Waals surface area (Å²) in [5, 5.41) is 13.5. The summed E-state index contributed by atoms with van der Waals surface area (Å²) < 4.78 is 11.0. The van der Waals surface area contributed by atoms with E-state index in [-0.39, 0.29) is 24.0 Å². The Morgan fingerprint density at radius 2 is 1.84 bits per heavy atom. The van der Waals surface area contributed by atoms with Gasteiger partial charge in [0.1, 0.15) is 17.2 Å². The number of amides is 1. The number of phenols is 1. The smallest absolute Gasteiger partial charge is 0.231 e. The molecular weight excluding hydrogens is 416 g/mol. The summed E-state index contributed by atoms with van der Waals surface area (Å²) >= 11 is 6.14. The molecule has 0 spiro atoms. The third-order valence-corrected chi connectivity index (χ3v) is 4.88. The van der Waals surface area contributed by atoms with Crippen LogP contribution in [0.5, 0.6) is 11.5 Å². The van der Waals surface area contributed by atoms with E-state index in [0.29, 0.717) is 33.5 Å². The fourth-order valence-corrected chi connectivity index (χ4v) is 3.29. The number of carbonyl (C=O) groups is 1. The number of rotatable bonds is 6. The molecule has 4 rings (SSSR count). The molecule has 0 unspecified atom stereocenters. The molecule has 6 nitrogen and oxygen atoms in total. The minimum atomic E-state index is -0.362. The minimum Gasteiger partial charge on any atom is -0.508 e. The fraction of sp³-hybridized carbons (Fsp3) is 0.0833. The van der Waals surface area contributed by atoms with Crippen LogP contribution in [-0.2, 0) is 11.2 Å². The first-order chi connectivity index (χ1) is 15.0. The van der Waals surface area contributed by atoms with Crippen molar-refractivity contribution in [3.8, 4) is 34.2 Å². The molecule has 1 aromatic heterocycles. The quantitative estimate of drug-likeness (QED) is 0.415. The Morgan fingerprint density at radius 3 is 2.55 bits per heavy atom. The zero-order chi connectivity index (χ0) is 21.8. The number of carbonyl (C=O) groups excluding carboxylic acids is 1. The van der Waals surface area contributed by atoms with Crippen LogP contribution in [0.3, 0.4) is 0 Å². The number of anilines is 1. The van der Waals surface area contributed by atoms with Gasteiger partial charge in [-0.25, -0.2) is 4.98 Å². The lowest BCUT2D eigenvalue weighted by molar-refractivity contribution is -0.115. The molecule has 0 fully saturated rings. The SMILES string of the molecule is COc1ccc(CC(=O)Nc2oc(-c3ccccc3)nc2-c2cccc(Cl)c2)c(O)c1. The predicted molar refractivity (Wildman–Crippen MR) is 119 cm³/mol. The van der Waals surface area contributed by atoms with Crippen molar-refractivity contribution < 1.29 is 19.1 Å². The largest absolute Gasteiger partial charge is 0.508 e. The predicted octanol–water partition coefficient (Wildman–Crippen LogP) is 5.56. The van der Waals surface area contributed by atoms with Gasteiger partial charge in [-0.3, -0.25) is 10.1 Å². The summed E-state index contributed by atoms with van der Waals surface area (Å²) in [5.41, 5.74) is 2.42. The Kier molecular flexibility index (Phi) is 5.91. The molecular formula is C24H19ClN2O4. The van der Waals surface area contributed by atoms with E-state index in [9.17, 15) is 9.90 Å². The molecule has 0 aliphatic carbocycles. The molecule has 4 aromatic rings. The van der Waals surface area contributed by atoms with Gasteiger partial charge in [0.25, 0.3) is 0 Å². The standard InChI is InChI=1S/C24H19ClN2O4/c1-30-19-11-10-16(20(28)14-19)13-21(29)26-24-22(17-8-5-9-18(25)12-17)27-23(31-24)15-6-3-2-4-7-15/h2-12,14,28H,13H2,1H3,(H,26,29). The molecule has 3 aromatic carbocycles. The Bertz CT molecular complexity index is 1220. The van der Waals surface area contributed by atoms with E-state index < -0.39 is 0 Å². The van der Waals surface area contributed by atoms with Crippen LogP contribution in [0.15, 0.2) is 77.2 Å². The zero-order valence-electron chi connectivity index (χ0n) is 16.6. The number of nitrogens with zero attached hydrogens (tertiary/aromatic N) is 1. The Hall–Kier alpha value is -3.77. The summed E-state index contributed by atoms with van der Waals surface area (Å²) in [5.74, 6) is 0.705. The molecule has 0 aliphatic rings. The van der Waals surface area contributed by atoms with Crippen molar-refractivity contribution in [2.45, 2.75) is 6.42 Å². The van der Waals surface area contributed by atoms with Gasteiger partial charge in [0.2, 0.25) is 17.7 Å². The van der Waals surface area contributed by atoms with Gasteiger partial charge in [0, 0.05) is 27.8 Å². The van der Waals surface area contributed by atoms with Crippen molar-refractivity contribution in [3.05, 3.63) is 83.4 Å². The van der Waals surface area contributed by atoms with Crippen LogP contribution < -0.4 is 10.1 Å². The number of aromatic hydroxyl groups is 1. The van der Waals surface area contributed by atoms with E-state index in [4.69, 9.17) is 20.8 Å². The molecule has 0 atom stereocenters. The number of nitrogens with one attached hydrogen (secondary N) is 1. The van der Waals surface area contributed by atoms with Gasteiger partial charge in [0.05, 0.1) is 13.5 Å². The molecule has 31 heavy (non-hydrogen) atoms. The number of aromatic nitrogens is 1. The minimum absolute atomic E-state index is 0.0212. The van der Waals surface area contributed by atoms with Gasteiger partial charge in [-0.15, -0.1) is 0 Å². The molecule has 0 aliphatic heterocycles. The normalized spacial score (nSPS) is 10.6. The van der Waals surface area contributed by atoms with Crippen molar-refractivity contribution in [1.82, 2.24) is 4.98 Å². The van der Waals surface area contributed by atoms with Crippen LogP contribution in [-0.4, -0.2) is 23.1 Å². The number of hydrogen-bond donors (Lipinski definition) is 2. The second-order valence-corrected chi connectivity index (χ2v) is 7.23. The monoisotopic (exact) mass is 434 g/mol. The maximum absolute atomic E-state index is 12.7. The molecule has 1 amide bonds. The molecule has 0 saturated heterocycles. The van der Waals surface area contributed by atoms with E-state index in [1.807, 2.05) is 36.4 Å². The van der Waals surface area contributed by atoms with Crippen LogP contribution in [0.25, 0.3) is 22.7 Å². The first kappa shape index (κ1) is 20.5. The third kappa shape index (κ3) is 4.70. The van der Waals surface area contributed by atoms with Crippen molar-refractivity contribution in [2.24, 2.45) is 0 Å². The number of phenolic OH excluding ortho intramolecular Hbond substituents is 1. The maximum atomic E-state index is 12.7. The number of benzene rings is 3. The van der Waals surface area contributed by atoms with E-state index in [1.165, 1.54) is 13.2 Å². The van der Waals surface area contributed by atoms with Crippen molar-refractivity contribution >= 4 is 23.4 Å². The highest BCUT2D eigenvalue weighted by molar-refractivity contribution is 6.30. The van der Waals surface area contributed by atoms with Crippen molar-refractivity contribution in [3.63, 3.8) is 0 Å². The number of methoxy groups -OCH3 is 1. The molecule has 7 heteroatoms. The second kappa shape index (κ2) is 8.93. The number of oxazole rings is 1. The topological polar surface area (TPSA) is 84.6 Å². The zero-order valence-corrected chi connectivity index (χ0v) is 17.4. The third-order valence-electron chi connectivity index (χ3n) is 4.64. The summed E-state index contributed by atoms with van der Waals surface area (Å²) in [4.78, 5) is 17.3. The van der Waals surface area contributed by atoms with Gasteiger partial charge >= 0.3 is 0 Å². The number of ether oxygens (including phenoxy) is 1. The van der Waals surface area contributed by atoms with E-state index in [2.05, 4.69) is 10.3 Å². The lowest BCUT2D eigenvalue weighted by Gasteiger charge is -2.08. The van der Waals surface area contributed by atoms with Gasteiger partial charge in [-0.2, -0.15) is 0 Å². The molecule has 0 radical (unpaired) electrons. The van der Waals surface area contributed by atoms with Crippen molar-refractivity contribution in [2.75, 3.05) is 12.4 Å². The van der Waals surface area contributed by atoms with Gasteiger partial charge < -0.3 is 14.3 Å². The van der Waals surface area contributed by atoms with Gasteiger partial charge in [-0.05, 0) is 30.3 Å². The number of hydrogen-bond acceptors (Lipinski definition) is 5. The lowest BCUT2D eigenvalue weighted by atomic mass is 10.1. The molecule has 156 valence electrons. The average Bonchev–Trinajstić information content (AvgIpc) is 3.19. The first-order valence-corrected chi connectivity index (χ1v) is 9.89. The van der Waals surface area contributed by atoms with E-state index >= 15 is 0 Å². The Balaban J connectivity index is 1.65. The van der Waals surface area contributed by atoms with Crippen LogP contribution in [0.2, 0.25) is 5.02 Å². The van der Waals surface area contributed by atoms with Crippen LogP contribution in [0.4, 0.5) is 5.88 Å². The van der Waals surface area contributed by atoms with Crippen molar-refractivity contribution in [1.29, 1.82) is 0 Å². The molecule has 0 bridgehead atoms. The van der Waals surface area contributed by atoms with Crippen LogP contribution in [0, 0.1) is 0 Å². The molecule has 2 N–H and O–H groups in total. The van der Waals surface area contributed by atoms with E-state index in [0.717, 1.165) is 5.56 Å². The highest BCUT2D eigenvalue weighted by Gasteiger charge is 2.19. The molecule has 0 saturated carbocycles. The van der Waals surface area contributed by atoms with Crippen LogP contribution >= 0.6 is 11.6 Å².